The van der Waals surface area contributed by atoms with Crippen molar-refractivity contribution in [2.75, 3.05) is 11.9 Å². The van der Waals surface area contributed by atoms with Crippen LogP contribution in [0.25, 0.3) is 10.6 Å². The Morgan fingerprint density at radius 2 is 2.12 bits per heavy atom. The van der Waals surface area contributed by atoms with Gasteiger partial charge in [-0.1, -0.05) is 12.1 Å². The highest BCUT2D eigenvalue weighted by atomic mass is 32.1. The maximum absolute atomic E-state index is 14.4. The molecule has 0 aliphatic carbocycles. The van der Waals surface area contributed by atoms with Crippen molar-refractivity contribution in [3.8, 4) is 10.6 Å². The van der Waals surface area contributed by atoms with Gasteiger partial charge in [-0.3, -0.25) is 9.48 Å². The molecule has 0 spiro atoms. The van der Waals surface area contributed by atoms with Gasteiger partial charge in [0.2, 0.25) is 0 Å². The zero-order chi connectivity index (χ0) is 23.0. The third-order valence-corrected chi connectivity index (χ3v) is 6.66. The van der Waals surface area contributed by atoms with Gasteiger partial charge < -0.3 is 15.8 Å². The Labute approximate surface area is 188 Å². The summed E-state index contributed by atoms with van der Waals surface area (Å²) in [5.41, 5.74) is 8.29. The van der Waals surface area contributed by atoms with Gasteiger partial charge in [-0.25, -0.2) is 13.8 Å². The number of amides is 1. The van der Waals surface area contributed by atoms with E-state index in [1.54, 1.807) is 37.7 Å². The molecule has 2 aromatic heterocycles. The predicted octanol–water partition coefficient (Wildman–Crippen LogP) is 4.07. The van der Waals surface area contributed by atoms with Crippen LogP contribution in [0.2, 0.25) is 0 Å². The summed E-state index contributed by atoms with van der Waals surface area (Å²) in [6.07, 6.45) is 0.817. The Morgan fingerprint density at radius 1 is 1.34 bits per heavy atom. The molecule has 3 N–H and O–H groups in total. The standard InChI is InChI=1S/C22H25F2N5O2S/c1-11-5-4-6-13(23)18(11)22-28-19(12(2)32-22)21(30)27-16-9-26-29(3)20(16)17-8-7-15(25)14(24)10-31-17/h4-6,9,14-15,17H,7-8,10,25H2,1-3H3,(H,27,30)/t14-,15-,17+/m1/s1. The van der Waals surface area contributed by atoms with Gasteiger partial charge >= 0.3 is 0 Å². The van der Waals surface area contributed by atoms with Crippen molar-refractivity contribution in [2.45, 2.75) is 45.0 Å². The van der Waals surface area contributed by atoms with E-state index in [9.17, 15) is 13.6 Å². The molecule has 1 aromatic carbocycles. The van der Waals surface area contributed by atoms with E-state index in [0.29, 0.717) is 39.7 Å². The van der Waals surface area contributed by atoms with Gasteiger partial charge in [-0.05, 0) is 38.3 Å². The number of carbonyl (C=O) groups is 1. The Hall–Kier alpha value is -2.69. The second-order valence-corrected chi connectivity index (χ2v) is 9.16. The quantitative estimate of drug-likeness (QED) is 0.611. The topological polar surface area (TPSA) is 95.1 Å². The van der Waals surface area contributed by atoms with E-state index >= 15 is 0 Å². The number of nitrogens with two attached hydrogens (primary N) is 1. The van der Waals surface area contributed by atoms with Crippen LogP contribution in [-0.4, -0.2) is 39.5 Å². The molecule has 4 rings (SSSR count). The number of aromatic nitrogens is 3. The summed E-state index contributed by atoms with van der Waals surface area (Å²) in [5.74, 6) is -0.808. The molecule has 1 amide bonds. The third kappa shape index (κ3) is 4.30. The SMILES string of the molecule is Cc1cccc(F)c1-c1nc(C(=O)Nc2cnn(C)c2[C@@H]2CC[C@@H](N)[C@H](F)CO2)c(C)s1. The number of aryl methyl sites for hydroxylation is 3. The number of hydrogen-bond donors (Lipinski definition) is 2. The van der Waals surface area contributed by atoms with E-state index < -0.39 is 24.2 Å². The molecule has 7 nitrogen and oxygen atoms in total. The largest absolute Gasteiger partial charge is 0.369 e. The maximum atomic E-state index is 14.4. The number of benzene rings is 1. The van der Waals surface area contributed by atoms with Gasteiger partial charge in [-0.15, -0.1) is 11.3 Å². The normalized spacial score (nSPS) is 21.4. The fraction of sp³-hybridized carbons (Fsp3) is 0.409. The molecule has 3 aromatic rings. The molecule has 0 radical (unpaired) electrons. The number of nitrogens with one attached hydrogen (secondary N) is 1. The highest BCUT2D eigenvalue weighted by molar-refractivity contribution is 7.15. The van der Waals surface area contributed by atoms with Crippen LogP contribution in [0.15, 0.2) is 24.4 Å². The third-order valence-electron chi connectivity index (χ3n) is 5.67. The molecule has 1 aliphatic heterocycles. The minimum atomic E-state index is -1.23. The highest BCUT2D eigenvalue weighted by Crippen LogP contribution is 2.34. The Kier molecular flexibility index (Phi) is 6.36. The molecule has 0 bridgehead atoms. The molecule has 3 heterocycles. The number of anilines is 1. The summed E-state index contributed by atoms with van der Waals surface area (Å²) >= 11 is 1.26. The van der Waals surface area contributed by atoms with Crippen LogP contribution >= 0.6 is 11.3 Å². The lowest BCUT2D eigenvalue weighted by Crippen LogP contribution is -2.32. The fourth-order valence-electron chi connectivity index (χ4n) is 3.88. The molecule has 1 fully saturated rings. The highest BCUT2D eigenvalue weighted by Gasteiger charge is 2.30. The van der Waals surface area contributed by atoms with Gasteiger partial charge in [-0.2, -0.15) is 5.10 Å². The van der Waals surface area contributed by atoms with Gasteiger partial charge in [0.15, 0.2) is 0 Å². The van der Waals surface area contributed by atoms with E-state index in [4.69, 9.17) is 10.5 Å². The first-order chi connectivity index (χ1) is 15.3. The van der Waals surface area contributed by atoms with Crippen molar-refractivity contribution in [1.82, 2.24) is 14.8 Å². The summed E-state index contributed by atoms with van der Waals surface area (Å²) in [6.45, 7) is 3.46. The van der Waals surface area contributed by atoms with E-state index in [2.05, 4.69) is 15.4 Å². The molecular weight excluding hydrogens is 436 g/mol. The number of halogens is 2. The minimum absolute atomic E-state index is 0.110. The fourth-order valence-corrected chi connectivity index (χ4v) is 4.90. The molecule has 1 aliphatic rings. The summed E-state index contributed by atoms with van der Waals surface area (Å²) in [5, 5.41) is 7.53. The van der Waals surface area contributed by atoms with Crippen molar-refractivity contribution in [1.29, 1.82) is 0 Å². The molecule has 170 valence electrons. The summed E-state index contributed by atoms with van der Waals surface area (Å²) in [7, 11) is 1.74. The smallest absolute Gasteiger partial charge is 0.275 e. The van der Waals surface area contributed by atoms with Crippen LogP contribution in [0.4, 0.5) is 14.5 Å². The first kappa shape index (κ1) is 22.5. The maximum Gasteiger partial charge on any atom is 0.275 e. The first-order valence-electron chi connectivity index (χ1n) is 10.3. The minimum Gasteiger partial charge on any atom is -0.369 e. The van der Waals surface area contributed by atoms with E-state index in [1.165, 1.54) is 23.6 Å². The van der Waals surface area contributed by atoms with Crippen LogP contribution in [0.5, 0.6) is 0 Å². The summed E-state index contributed by atoms with van der Waals surface area (Å²) < 4.78 is 35.7. The van der Waals surface area contributed by atoms with Crippen molar-refractivity contribution in [3.63, 3.8) is 0 Å². The van der Waals surface area contributed by atoms with Crippen LogP contribution in [0.3, 0.4) is 0 Å². The number of nitrogens with zero attached hydrogens (tertiary/aromatic N) is 3. The Morgan fingerprint density at radius 3 is 2.88 bits per heavy atom. The Bertz CT molecular complexity index is 1110. The average Bonchev–Trinajstić information content (AvgIpc) is 3.25. The van der Waals surface area contributed by atoms with E-state index in [1.807, 2.05) is 0 Å². The van der Waals surface area contributed by atoms with Crippen LogP contribution in [0, 0.1) is 19.7 Å². The Balaban J connectivity index is 1.59. The first-order valence-corrected chi connectivity index (χ1v) is 11.1. The number of hydrogen-bond acceptors (Lipinski definition) is 6. The lowest BCUT2D eigenvalue weighted by molar-refractivity contribution is 0.0247. The average molecular weight is 462 g/mol. The van der Waals surface area contributed by atoms with Crippen molar-refractivity contribution in [3.05, 3.63) is 52.0 Å². The van der Waals surface area contributed by atoms with E-state index in [0.717, 1.165) is 5.56 Å². The lowest BCUT2D eigenvalue weighted by Gasteiger charge is -2.17. The molecule has 0 unspecified atom stereocenters. The predicted molar refractivity (Wildman–Crippen MR) is 119 cm³/mol. The summed E-state index contributed by atoms with van der Waals surface area (Å²) in [6, 6.07) is 4.24. The van der Waals surface area contributed by atoms with Crippen LogP contribution in [0.1, 0.15) is 45.6 Å². The summed E-state index contributed by atoms with van der Waals surface area (Å²) in [4.78, 5) is 18.1. The van der Waals surface area contributed by atoms with Crippen molar-refractivity contribution < 1.29 is 18.3 Å². The van der Waals surface area contributed by atoms with E-state index in [-0.39, 0.29) is 18.1 Å². The zero-order valence-electron chi connectivity index (χ0n) is 18.1. The van der Waals surface area contributed by atoms with Gasteiger partial charge in [0.05, 0.1) is 24.2 Å². The van der Waals surface area contributed by atoms with Crippen LogP contribution < -0.4 is 11.1 Å². The van der Waals surface area contributed by atoms with Crippen molar-refractivity contribution >= 4 is 22.9 Å². The molecule has 3 atom stereocenters. The molecule has 1 saturated heterocycles. The van der Waals surface area contributed by atoms with Crippen molar-refractivity contribution in [2.24, 2.45) is 12.8 Å². The molecule has 32 heavy (non-hydrogen) atoms. The second kappa shape index (κ2) is 9.05. The lowest BCUT2D eigenvalue weighted by atomic mass is 10.0. The van der Waals surface area contributed by atoms with Gasteiger partial charge in [0.25, 0.3) is 5.91 Å². The monoisotopic (exact) mass is 461 g/mol. The van der Waals surface area contributed by atoms with Gasteiger partial charge in [0, 0.05) is 23.5 Å². The number of ether oxygens (including phenoxy) is 1. The number of alkyl halides is 1. The number of carbonyl (C=O) groups excluding carboxylic acids is 1. The number of rotatable bonds is 4. The molecular formula is C22H25F2N5O2S. The second-order valence-electron chi connectivity index (χ2n) is 7.96. The molecule has 10 heteroatoms. The number of thiazole rings is 1. The zero-order valence-corrected chi connectivity index (χ0v) is 18.9. The molecule has 0 saturated carbocycles. The van der Waals surface area contributed by atoms with Gasteiger partial charge in [0.1, 0.15) is 28.8 Å². The van der Waals surface area contributed by atoms with Crippen LogP contribution in [-0.2, 0) is 11.8 Å².